The van der Waals surface area contributed by atoms with Gasteiger partial charge >= 0.3 is 0 Å². The molecule has 3 rings (SSSR count). The van der Waals surface area contributed by atoms with Crippen LogP contribution in [0.1, 0.15) is 10.8 Å². The highest BCUT2D eigenvalue weighted by Crippen LogP contribution is 2.44. The van der Waals surface area contributed by atoms with Crippen LogP contribution in [0, 0.1) is 0 Å². The van der Waals surface area contributed by atoms with E-state index in [-0.39, 0.29) is 11.2 Å². The number of amides is 1. The van der Waals surface area contributed by atoms with Gasteiger partial charge < -0.3 is 10.4 Å². The molecule has 0 fully saturated rings. The van der Waals surface area contributed by atoms with Gasteiger partial charge in [0.15, 0.2) is 0 Å². The molecule has 2 heterocycles. The molecule has 0 unspecified atom stereocenters. The van der Waals surface area contributed by atoms with Crippen molar-refractivity contribution in [3.05, 3.63) is 46.7 Å². The largest absolute Gasteiger partial charge is 0.382 e. The Morgan fingerprint density at radius 3 is 2.83 bits per heavy atom. The van der Waals surface area contributed by atoms with E-state index in [1.165, 1.54) is 11.8 Å². The minimum absolute atomic E-state index is 0.250. The number of fused-ring (bicyclic) bond motifs is 1. The Morgan fingerprint density at radius 2 is 2.06 bits per heavy atom. The quantitative estimate of drug-likeness (QED) is 0.842. The fraction of sp³-hybridized carbons (Fsp3) is 0.154. The Hall–Kier alpha value is -1.30. The molecule has 2 aromatic rings. The van der Waals surface area contributed by atoms with Gasteiger partial charge in [0.1, 0.15) is 6.10 Å². The lowest BCUT2D eigenvalue weighted by Crippen LogP contribution is -2.30. The Morgan fingerprint density at radius 1 is 1.22 bits per heavy atom. The zero-order valence-electron chi connectivity index (χ0n) is 9.37. The molecule has 0 bridgehead atoms. The Bertz CT molecular complexity index is 568. The summed E-state index contributed by atoms with van der Waals surface area (Å²) in [5.74, 6) is -0.344. The van der Waals surface area contributed by atoms with Crippen molar-refractivity contribution < 1.29 is 9.90 Å². The van der Waals surface area contributed by atoms with Crippen LogP contribution in [0.25, 0.3) is 0 Å². The van der Waals surface area contributed by atoms with Crippen LogP contribution >= 0.6 is 23.1 Å². The fourth-order valence-electron chi connectivity index (χ4n) is 1.91. The number of thiophene rings is 1. The summed E-state index contributed by atoms with van der Waals surface area (Å²) in [5.41, 5.74) is 1.76. The summed E-state index contributed by atoms with van der Waals surface area (Å²) in [5, 5.41) is 16.6. The molecule has 2 atom stereocenters. The summed E-state index contributed by atoms with van der Waals surface area (Å²) in [6, 6.07) is 9.56. The molecule has 1 aromatic carbocycles. The van der Waals surface area contributed by atoms with Crippen molar-refractivity contribution in [2.24, 2.45) is 0 Å². The molecule has 1 aromatic heterocycles. The van der Waals surface area contributed by atoms with Crippen molar-refractivity contribution in [2.75, 3.05) is 5.32 Å². The van der Waals surface area contributed by atoms with Crippen LogP contribution in [0.15, 0.2) is 46.0 Å². The first-order valence-electron chi connectivity index (χ1n) is 5.52. The number of nitrogens with one attached hydrogen (secondary N) is 1. The Balaban J connectivity index is 2.03. The van der Waals surface area contributed by atoms with Crippen LogP contribution in [0.2, 0.25) is 0 Å². The normalized spacial score (nSPS) is 23.1. The number of thioether (sulfide) groups is 1. The second-order valence-electron chi connectivity index (χ2n) is 4.03. The summed E-state index contributed by atoms with van der Waals surface area (Å²) in [4.78, 5) is 12.9. The van der Waals surface area contributed by atoms with Gasteiger partial charge in [-0.1, -0.05) is 12.1 Å². The molecule has 0 radical (unpaired) electrons. The number of carbonyl (C=O) groups excluding carboxylic acids is 1. The standard InChI is InChI=1S/C13H11NO2S2/c15-11-12(8-5-6-17-7-8)18-10-4-2-1-3-9(10)14-13(11)16/h1-7,11-12,15H,(H,14,16)/t11-,12+/m1/s1. The van der Waals surface area contributed by atoms with Crippen molar-refractivity contribution >= 4 is 34.7 Å². The molecular formula is C13H11NO2S2. The lowest BCUT2D eigenvalue weighted by atomic mass is 10.1. The second-order valence-corrected chi connectivity index (χ2v) is 5.99. The van der Waals surface area contributed by atoms with Crippen LogP contribution in [0.4, 0.5) is 5.69 Å². The summed E-state index contributed by atoms with van der Waals surface area (Å²) in [7, 11) is 0. The van der Waals surface area contributed by atoms with E-state index < -0.39 is 6.10 Å². The number of benzene rings is 1. The monoisotopic (exact) mass is 277 g/mol. The van der Waals surface area contributed by atoms with Gasteiger partial charge in [-0.2, -0.15) is 11.3 Å². The van der Waals surface area contributed by atoms with Crippen molar-refractivity contribution in [1.82, 2.24) is 0 Å². The number of aliphatic hydroxyl groups excluding tert-OH is 1. The van der Waals surface area contributed by atoms with Gasteiger partial charge in [-0.3, -0.25) is 4.79 Å². The highest BCUT2D eigenvalue weighted by molar-refractivity contribution is 7.99. The highest BCUT2D eigenvalue weighted by atomic mass is 32.2. The summed E-state index contributed by atoms with van der Waals surface area (Å²) in [6.45, 7) is 0. The molecule has 92 valence electrons. The SMILES string of the molecule is O=C1Nc2ccccc2S[C@@H](c2ccsc2)[C@H]1O. The molecule has 0 saturated heterocycles. The van der Waals surface area contributed by atoms with Gasteiger partial charge in [0.2, 0.25) is 0 Å². The maximum atomic E-state index is 11.9. The van der Waals surface area contributed by atoms with E-state index >= 15 is 0 Å². The van der Waals surface area contributed by atoms with Crippen LogP contribution in [-0.4, -0.2) is 17.1 Å². The number of rotatable bonds is 1. The van der Waals surface area contributed by atoms with Crippen LogP contribution in [-0.2, 0) is 4.79 Å². The van der Waals surface area contributed by atoms with E-state index in [1.54, 1.807) is 11.3 Å². The number of aliphatic hydroxyl groups is 1. The van der Waals surface area contributed by atoms with Gasteiger partial charge in [0.25, 0.3) is 5.91 Å². The predicted molar refractivity (Wildman–Crippen MR) is 74.0 cm³/mol. The number of carbonyl (C=O) groups is 1. The van der Waals surface area contributed by atoms with E-state index in [1.807, 2.05) is 41.1 Å². The Labute approximate surface area is 113 Å². The number of hydrogen-bond acceptors (Lipinski definition) is 4. The summed E-state index contributed by atoms with van der Waals surface area (Å²) in [6.07, 6.45) is -1.03. The smallest absolute Gasteiger partial charge is 0.254 e. The van der Waals surface area contributed by atoms with Crippen LogP contribution in [0.5, 0.6) is 0 Å². The minimum atomic E-state index is -1.03. The zero-order valence-corrected chi connectivity index (χ0v) is 11.0. The van der Waals surface area contributed by atoms with Crippen molar-refractivity contribution in [1.29, 1.82) is 0 Å². The molecule has 5 heteroatoms. The maximum Gasteiger partial charge on any atom is 0.254 e. The molecule has 18 heavy (non-hydrogen) atoms. The van der Waals surface area contributed by atoms with E-state index in [4.69, 9.17) is 0 Å². The first-order chi connectivity index (χ1) is 8.75. The van der Waals surface area contributed by atoms with Crippen molar-refractivity contribution in [2.45, 2.75) is 16.2 Å². The van der Waals surface area contributed by atoms with E-state index in [2.05, 4.69) is 5.32 Å². The Kier molecular flexibility index (Phi) is 3.11. The molecule has 3 nitrogen and oxygen atoms in total. The molecule has 0 spiro atoms. The molecular weight excluding hydrogens is 266 g/mol. The first-order valence-corrected chi connectivity index (χ1v) is 7.34. The lowest BCUT2D eigenvalue weighted by Gasteiger charge is -2.17. The van der Waals surface area contributed by atoms with Crippen LogP contribution < -0.4 is 5.32 Å². The van der Waals surface area contributed by atoms with Gasteiger partial charge in [-0.15, -0.1) is 11.8 Å². The molecule has 1 aliphatic heterocycles. The molecule has 1 aliphatic rings. The topological polar surface area (TPSA) is 49.3 Å². The average Bonchev–Trinajstić information content (AvgIpc) is 2.86. The van der Waals surface area contributed by atoms with Gasteiger partial charge in [-0.25, -0.2) is 0 Å². The lowest BCUT2D eigenvalue weighted by molar-refractivity contribution is -0.124. The van der Waals surface area contributed by atoms with Gasteiger partial charge in [0.05, 0.1) is 10.9 Å². The maximum absolute atomic E-state index is 11.9. The summed E-state index contributed by atoms with van der Waals surface area (Å²) < 4.78 is 0. The van der Waals surface area contributed by atoms with Crippen LogP contribution in [0.3, 0.4) is 0 Å². The third-order valence-corrected chi connectivity index (χ3v) is 4.92. The third kappa shape index (κ3) is 2.05. The number of para-hydroxylation sites is 1. The third-order valence-electron chi connectivity index (χ3n) is 2.83. The average molecular weight is 277 g/mol. The molecule has 1 amide bonds. The summed E-state index contributed by atoms with van der Waals surface area (Å²) >= 11 is 3.09. The van der Waals surface area contributed by atoms with Crippen molar-refractivity contribution in [3.8, 4) is 0 Å². The first kappa shape index (κ1) is 11.8. The van der Waals surface area contributed by atoms with E-state index in [0.717, 1.165) is 16.1 Å². The van der Waals surface area contributed by atoms with Gasteiger partial charge in [0, 0.05) is 4.90 Å². The minimum Gasteiger partial charge on any atom is -0.382 e. The van der Waals surface area contributed by atoms with Gasteiger partial charge in [-0.05, 0) is 34.5 Å². The molecule has 2 N–H and O–H groups in total. The number of hydrogen-bond donors (Lipinski definition) is 2. The van der Waals surface area contributed by atoms with Crippen molar-refractivity contribution in [3.63, 3.8) is 0 Å². The number of anilines is 1. The fourth-order valence-corrected chi connectivity index (χ4v) is 3.90. The zero-order chi connectivity index (χ0) is 12.5. The molecule has 0 saturated carbocycles. The second kappa shape index (κ2) is 4.76. The highest BCUT2D eigenvalue weighted by Gasteiger charge is 2.32. The predicted octanol–water partition coefficient (Wildman–Crippen LogP) is 2.89. The van der Waals surface area contributed by atoms with E-state index in [0.29, 0.717) is 0 Å². The molecule has 0 aliphatic carbocycles. The van der Waals surface area contributed by atoms with E-state index in [9.17, 15) is 9.90 Å².